The van der Waals surface area contributed by atoms with Crippen LogP contribution in [0.15, 0.2) is 60.7 Å². The number of aliphatic hydroxyl groups is 1. The van der Waals surface area contributed by atoms with Crippen molar-refractivity contribution in [3.63, 3.8) is 0 Å². The fourth-order valence-electron chi connectivity index (χ4n) is 5.30. The highest BCUT2D eigenvalue weighted by Crippen LogP contribution is 2.20. The van der Waals surface area contributed by atoms with Crippen molar-refractivity contribution in [2.75, 3.05) is 7.11 Å². The number of aliphatic hydroxyl groups excluding tert-OH is 1. The Morgan fingerprint density at radius 2 is 1.27 bits per heavy atom. The van der Waals surface area contributed by atoms with Gasteiger partial charge >= 0.3 is 12.1 Å². The van der Waals surface area contributed by atoms with Gasteiger partial charge in [-0.1, -0.05) is 102 Å². The molecule has 270 valence electrons. The molecule has 0 aliphatic heterocycles. The van der Waals surface area contributed by atoms with E-state index in [0.29, 0.717) is 12.8 Å². The Hall–Kier alpha value is -4.45. The van der Waals surface area contributed by atoms with Crippen LogP contribution in [0.2, 0.25) is 0 Å². The van der Waals surface area contributed by atoms with E-state index in [2.05, 4.69) is 21.3 Å². The van der Waals surface area contributed by atoms with Crippen LogP contribution < -0.4 is 21.3 Å². The third-order valence-corrected chi connectivity index (χ3v) is 8.23. The Labute approximate surface area is 290 Å². The molecule has 49 heavy (non-hydrogen) atoms. The second-order valence-electron chi connectivity index (χ2n) is 13.0. The maximum Gasteiger partial charge on any atom is 0.408 e. The molecule has 0 radical (unpaired) electrons. The summed E-state index contributed by atoms with van der Waals surface area (Å²) in [5.41, 5.74) is 1.65. The van der Waals surface area contributed by atoms with E-state index >= 15 is 0 Å². The standard InChI is InChI=1S/C37H54N4O8/c1-8-15-28(34(44)40-31(23(2)3)35(45)41-32(24(4)5)36(46)48-7)21-30(42)29(20-26-16-11-9-12-17-26)39-33(43)25(6)38-37(47)49-22-27-18-13-10-14-19-27/h9-14,16-19,23-25,28-32,42H,8,15,20-22H2,1-7H3,(H,38,47)(H,39,43)(H,40,44)(H,41,45)/t25-,28-,29-,30-,31-,32-/m0/s1. The summed E-state index contributed by atoms with van der Waals surface area (Å²) >= 11 is 0. The minimum atomic E-state index is -1.15. The van der Waals surface area contributed by atoms with Crippen molar-refractivity contribution in [1.29, 1.82) is 0 Å². The number of ether oxygens (including phenoxy) is 2. The van der Waals surface area contributed by atoms with Crippen LogP contribution in [0.3, 0.4) is 0 Å². The van der Waals surface area contributed by atoms with Gasteiger partial charge in [0.05, 0.1) is 19.3 Å². The maximum absolute atomic E-state index is 13.7. The quantitative estimate of drug-likeness (QED) is 0.140. The summed E-state index contributed by atoms with van der Waals surface area (Å²) in [6.45, 7) is 10.6. The van der Waals surface area contributed by atoms with Crippen LogP contribution in [-0.4, -0.2) is 72.3 Å². The van der Waals surface area contributed by atoms with Gasteiger partial charge in [-0.3, -0.25) is 14.4 Å². The molecule has 0 saturated heterocycles. The fourth-order valence-corrected chi connectivity index (χ4v) is 5.30. The number of esters is 1. The number of benzene rings is 2. The number of hydrogen-bond acceptors (Lipinski definition) is 8. The number of alkyl carbamates (subject to hydrolysis) is 1. The molecule has 4 amide bonds. The molecule has 2 aromatic rings. The Morgan fingerprint density at radius 1 is 0.714 bits per heavy atom. The van der Waals surface area contributed by atoms with E-state index in [0.717, 1.165) is 11.1 Å². The molecule has 5 N–H and O–H groups in total. The van der Waals surface area contributed by atoms with E-state index < -0.39 is 66.0 Å². The van der Waals surface area contributed by atoms with E-state index in [4.69, 9.17) is 9.47 Å². The molecule has 12 nitrogen and oxygen atoms in total. The molecule has 0 heterocycles. The predicted molar refractivity (Wildman–Crippen MR) is 186 cm³/mol. The highest BCUT2D eigenvalue weighted by Gasteiger charge is 2.34. The first-order chi connectivity index (χ1) is 23.3. The average molecular weight is 683 g/mol. The van der Waals surface area contributed by atoms with Gasteiger partial charge in [-0.15, -0.1) is 0 Å². The smallest absolute Gasteiger partial charge is 0.408 e. The topological polar surface area (TPSA) is 172 Å². The van der Waals surface area contributed by atoms with Crippen LogP contribution in [0, 0.1) is 17.8 Å². The molecule has 12 heteroatoms. The zero-order valence-electron chi connectivity index (χ0n) is 29.7. The number of hydrogen-bond donors (Lipinski definition) is 5. The summed E-state index contributed by atoms with van der Waals surface area (Å²) in [5.74, 6) is -3.28. The number of amides is 4. The first kappa shape index (κ1) is 40.7. The Morgan fingerprint density at radius 3 is 1.80 bits per heavy atom. The van der Waals surface area contributed by atoms with Gasteiger partial charge in [0.25, 0.3) is 0 Å². The number of carbonyl (C=O) groups is 5. The van der Waals surface area contributed by atoms with E-state index in [9.17, 15) is 29.1 Å². The van der Waals surface area contributed by atoms with E-state index in [-0.39, 0.29) is 31.3 Å². The van der Waals surface area contributed by atoms with Crippen LogP contribution in [0.1, 0.15) is 71.9 Å². The molecule has 0 bridgehead atoms. The molecular formula is C37H54N4O8. The zero-order chi connectivity index (χ0) is 36.5. The Bertz CT molecular complexity index is 1340. The van der Waals surface area contributed by atoms with Crippen molar-refractivity contribution in [3.05, 3.63) is 71.8 Å². The monoisotopic (exact) mass is 682 g/mol. The molecule has 2 aromatic carbocycles. The summed E-state index contributed by atoms with van der Waals surface area (Å²) in [4.78, 5) is 64.8. The summed E-state index contributed by atoms with van der Waals surface area (Å²) < 4.78 is 10.1. The molecule has 0 spiro atoms. The molecule has 6 atom stereocenters. The van der Waals surface area contributed by atoms with Crippen molar-refractivity contribution < 1.29 is 38.6 Å². The second-order valence-corrected chi connectivity index (χ2v) is 13.0. The SMILES string of the molecule is CCC[C@@H](C[C@H](O)[C@H](Cc1ccccc1)NC(=O)[C@H](C)NC(=O)OCc1ccccc1)C(=O)N[C@H](C(=O)N[C@H](C(=O)OC)C(C)C)C(C)C. The summed E-state index contributed by atoms with van der Waals surface area (Å²) in [6.07, 6.45) is -0.602. The van der Waals surface area contributed by atoms with E-state index in [1.165, 1.54) is 14.0 Å². The lowest BCUT2D eigenvalue weighted by atomic mass is 9.89. The molecule has 0 unspecified atom stereocenters. The molecular weight excluding hydrogens is 628 g/mol. The molecule has 2 rings (SSSR count). The maximum atomic E-state index is 13.7. The van der Waals surface area contributed by atoms with Gasteiger partial charge in [-0.2, -0.15) is 0 Å². The number of carbonyl (C=O) groups excluding carboxylic acids is 5. The highest BCUT2D eigenvalue weighted by molar-refractivity contribution is 5.91. The molecule has 0 aliphatic rings. The molecule has 0 aromatic heterocycles. The number of methoxy groups -OCH3 is 1. The average Bonchev–Trinajstić information content (AvgIpc) is 3.08. The summed E-state index contributed by atoms with van der Waals surface area (Å²) in [5, 5.41) is 22.5. The Kier molecular flexibility index (Phi) is 17.3. The fraction of sp³-hybridized carbons (Fsp3) is 0.541. The normalized spacial score (nSPS) is 14.8. The third-order valence-electron chi connectivity index (χ3n) is 8.23. The molecule has 0 aliphatic carbocycles. The number of rotatable bonds is 19. The molecule has 0 fully saturated rings. The van der Waals surface area contributed by atoms with Crippen molar-refractivity contribution in [2.45, 2.75) is 104 Å². The van der Waals surface area contributed by atoms with Gasteiger partial charge in [0.15, 0.2) is 0 Å². The first-order valence-corrected chi connectivity index (χ1v) is 16.9. The number of nitrogens with one attached hydrogen (secondary N) is 4. The van der Waals surface area contributed by atoms with Crippen molar-refractivity contribution >= 4 is 29.8 Å². The van der Waals surface area contributed by atoms with Crippen molar-refractivity contribution in [3.8, 4) is 0 Å². The van der Waals surface area contributed by atoms with Crippen molar-refractivity contribution in [1.82, 2.24) is 21.3 Å². The molecule has 0 saturated carbocycles. The van der Waals surface area contributed by atoms with Gasteiger partial charge in [0.2, 0.25) is 17.7 Å². The Balaban J connectivity index is 2.16. The van der Waals surface area contributed by atoms with Gasteiger partial charge in [-0.05, 0) is 49.1 Å². The van der Waals surface area contributed by atoms with Crippen LogP contribution in [0.4, 0.5) is 4.79 Å². The predicted octanol–water partition coefficient (Wildman–Crippen LogP) is 3.65. The lowest BCUT2D eigenvalue weighted by molar-refractivity contribution is -0.147. The highest BCUT2D eigenvalue weighted by atomic mass is 16.5. The van der Waals surface area contributed by atoms with E-state index in [1.54, 1.807) is 27.7 Å². The first-order valence-electron chi connectivity index (χ1n) is 16.9. The van der Waals surface area contributed by atoms with Gasteiger partial charge < -0.3 is 35.8 Å². The summed E-state index contributed by atoms with van der Waals surface area (Å²) in [7, 11) is 1.25. The zero-order valence-corrected chi connectivity index (χ0v) is 29.7. The lowest BCUT2D eigenvalue weighted by Crippen LogP contribution is -2.56. The van der Waals surface area contributed by atoms with Gasteiger partial charge in [0.1, 0.15) is 24.7 Å². The van der Waals surface area contributed by atoms with Crippen LogP contribution in [0.5, 0.6) is 0 Å². The second kappa shape index (κ2) is 20.8. The van der Waals surface area contributed by atoms with Crippen LogP contribution in [-0.2, 0) is 41.7 Å². The van der Waals surface area contributed by atoms with Gasteiger partial charge in [-0.25, -0.2) is 9.59 Å². The third kappa shape index (κ3) is 13.9. The van der Waals surface area contributed by atoms with Crippen molar-refractivity contribution in [2.24, 2.45) is 17.8 Å². The lowest BCUT2D eigenvalue weighted by Gasteiger charge is -2.30. The van der Waals surface area contributed by atoms with Crippen LogP contribution >= 0.6 is 0 Å². The van der Waals surface area contributed by atoms with Crippen LogP contribution in [0.25, 0.3) is 0 Å². The van der Waals surface area contributed by atoms with Gasteiger partial charge in [0, 0.05) is 5.92 Å². The summed E-state index contributed by atoms with van der Waals surface area (Å²) in [6, 6.07) is 14.8. The minimum Gasteiger partial charge on any atom is -0.467 e. The van der Waals surface area contributed by atoms with E-state index in [1.807, 2.05) is 67.6 Å². The minimum absolute atomic E-state index is 0.00158. The largest absolute Gasteiger partial charge is 0.467 e.